The van der Waals surface area contributed by atoms with Gasteiger partial charge >= 0.3 is 0 Å². The molecule has 0 heterocycles. The molecule has 0 aliphatic carbocycles. The van der Waals surface area contributed by atoms with E-state index in [4.69, 9.17) is 5.73 Å². The van der Waals surface area contributed by atoms with Gasteiger partial charge in [0.2, 0.25) is 0 Å². The lowest BCUT2D eigenvalue weighted by molar-refractivity contribution is 0.0767. The molecule has 0 bridgehead atoms. The Labute approximate surface area is 121 Å². The monoisotopic (exact) mass is 271 g/mol. The van der Waals surface area contributed by atoms with Crippen molar-refractivity contribution < 1.29 is 5.11 Å². The number of hydrogen-bond donors (Lipinski definition) is 2. The van der Waals surface area contributed by atoms with Gasteiger partial charge < -0.3 is 10.8 Å². The molecule has 116 valence electrons. The van der Waals surface area contributed by atoms with Crippen LogP contribution in [-0.4, -0.2) is 17.3 Å². The zero-order chi connectivity index (χ0) is 15.4. The average Bonchev–Trinajstić information content (AvgIpc) is 2.41. The fourth-order valence-corrected chi connectivity index (χ4v) is 3.05. The molecule has 0 radical (unpaired) electrons. The molecule has 19 heavy (non-hydrogen) atoms. The highest BCUT2D eigenvalue weighted by Crippen LogP contribution is 2.37. The van der Waals surface area contributed by atoms with Crippen LogP contribution in [0.5, 0.6) is 0 Å². The summed E-state index contributed by atoms with van der Waals surface area (Å²) < 4.78 is 0. The van der Waals surface area contributed by atoms with Crippen LogP contribution in [0.4, 0.5) is 0 Å². The Balaban J connectivity index is 4.76. The van der Waals surface area contributed by atoms with Crippen LogP contribution in [0.15, 0.2) is 0 Å². The molecule has 0 rings (SSSR count). The molecule has 2 nitrogen and oxygen atoms in total. The van der Waals surface area contributed by atoms with Crippen molar-refractivity contribution in [2.75, 3.05) is 6.61 Å². The summed E-state index contributed by atoms with van der Waals surface area (Å²) in [5, 5.41) is 9.44. The summed E-state index contributed by atoms with van der Waals surface area (Å²) in [5.41, 5.74) is 5.73. The molecule has 0 fully saturated rings. The zero-order valence-electron chi connectivity index (χ0n) is 14.4. The van der Waals surface area contributed by atoms with Gasteiger partial charge in [0, 0.05) is 5.54 Å². The van der Waals surface area contributed by atoms with Crippen molar-refractivity contribution in [1.82, 2.24) is 0 Å². The lowest BCUT2D eigenvalue weighted by Gasteiger charge is -2.41. The normalized spacial score (nSPS) is 24.9. The summed E-state index contributed by atoms with van der Waals surface area (Å²) in [6.45, 7) is 18.2. The van der Waals surface area contributed by atoms with E-state index in [1.807, 2.05) is 6.92 Å². The van der Waals surface area contributed by atoms with E-state index in [0.717, 1.165) is 11.8 Å². The van der Waals surface area contributed by atoms with E-state index in [9.17, 15) is 5.11 Å². The van der Waals surface area contributed by atoms with Crippen molar-refractivity contribution >= 4 is 0 Å². The van der Waals surface area contributed by atoms with Gasteiger partial charge in [0.15, 0.2) is 0 Å². The fraction of sp³-hybridized carbons (Fsp3) is 1.00. The minimum Gasteiger partial charge on any atom is -0.394 e. The first-order chi connectivity index (χ1) is 8.60. The second kappa shape index (κ2) is 7.64. The van der Waals surface area contributed by atoms with Crippen molar-refractivity contribution in [3.8, 4) is 0 Å². The molecule has 0 saturated carbocycles. The molecular weight excluding hydrogens is 234 g/mol. The van der Waals surface area contributed by atoms with Crippen LogP contribution in [0, 0.1) is 35.5 Å². The Hall–Kier alpha value is -0.0800. The van der Waals surface area contributed by atoms with E-state index < -0.39 is 5.54 Å². The molecular formula is C17H37NO. The van der Waals surface area contributed by atoms with E-state index in [0.29, 0.717) is 23.7 Å². The smallest absolute Gasteiger partial charge is 0.0611 e. The SMILES string of the molecule is CCC(C)C(C)C(C)C(C)C(C)C(C)C(C)(N)CO. The number of aliphatic hydroxyl groups is 1. The van der Waals surface area contributed by atoms with E-state index in [1.54, 1.807) is 0 Å². The molecule has 0 amide bonds. The van der Waals surface area contributed by atoms with E-state index in [1.165, 1.54) is 6.42 Å². The second-order valence-electron chi connectivity index (χ2n) is 7.27. The van der Waals surface area contributed by atoms with Gasteiger partial charge in [0.05, 0.1) is 6.61 Å². The van der Waals surface area contributed by atoms with Crippen molar-refractivity contribution in [2.45, 2.75) is 67.3 Å². The molecule has 0 aliphatic heterocycles. The summed E-state index contributed by atoms with van der Waals surface area (Å²) in [5.74, 6) is 3.63. The van der Waals surface area contributed by atoms with E-state index in [-0.39, 0.29) is 6.61 Å². The Morgan fingerprint density at radius 3 is 1.68 bits per heavy atom. The van der Waals surface area contributed by atoms with Crippen molar-refractivity contribution in [3.63, 3.8) is 0 Å². The lowest BCUT2D eigenvalue weighted by Crippen LogP contribution is -2.50. The number of aliphatic hydroxyl groups excluding tert-OH is 1. The molecule has 0 aromatic rings. The summed E-state index contributed by atoms with van der Waals surface area (Å²) in [7, 11) is 0. The number of nitrogens with two attached hydrogens (primary N) is 1. The van der Waals surface area contributed by atoms with E-state index in [2.05, 4.69) is 48.5 Å². The topological polar surface area (TPSA) is 46.2 Å². The highest BCUT2D eigenvalue weighted by atomic mass is 16.3. The number of hydrogen-bond acceptors (Lipinski definition) is 2. The predicted molar refractivity (Wildman–Crippen MR) is 85.0 cm³/mol. The van der Waals surface area contributed by atoms with E-state index >= 15 is 0 Å². The molecule has 0 aromatic heterocycles. The van der Waals surface area contributed by atoms with Gasteiger partial charge in [0.25, 0.3) is 0 Å². The Morgan fingerprint density at radius 1 is 0.895 bits per heavy atom. The van der Waals surface area contributed by atoms with Gasteiger partial charge in [-0.1, -0.05) is 54.9 Å². The standard InChI is InChI=1S/C17H37NO/c1-9-11(2)12(3)13(4)14(5)15(6)16(7)17(8,18)10-19/h11-16,19H,9-10,18H2,1-8H3. The molecule has 0 aliphatic rings. The quantitative estimate of drug-likeness (QED) is 0.703. The first-order valence-corrected chi connectivity index (χ1v) is 7.99. The van der Waals surface area contributed by atoms with Gasteiger partial charge in [-0.15, -0.1) is 0 Å². The first kappa shape index (κ1) is 18.9. The minimum atomic E-state index is -0.479. The van der Waals surface area contributed by atoms with Gasteiger partial charge in [-0.05, 0) is 42.4 Å². The number of rotatable bonds is 8. The fourth-order valence-electron chi connectivity index (χ4n) is 3.05. The van der Waals surface area contributed by atoms with Crippen LogP contribution in [0.3, 0.4) is 0 Å². The Morgan fingerprint density at radius 2 is 1.32 bits per heavy atom. The van der Waals surface area contributed by atoms with Gasteiger partial charge in [-0.25, -0.2) is 0 Å². The van der Waals surface area contributed by atoms with Crippen LogP contribution in [-0.2, 0) is 0 Å². The van der Waals surface area contributed by atoms with Crippen molar-refractivity contribution in [1.29, 1.82) is 0 Å². The lowest BCUT2D eigenvalue weighted by atomic mass is 9.67. The molecule has 7 unspecified atom stereocenters. The summed E-state index contributed by atoms with van der Waals surface area (Å²) in [6, 6.07) is 0. The van der Waals surface area contributed by atoms with Crippen molar-refractivity contribution in [3.05, 3.63) is 0 Å². The van der Waals surface area contributed by atoms with Crippen LogP contribution >= 0.6 is 0 Å². The molecule has 0 saturated heterocycles. The third-order valence-corrected chi connectivity index (χ3v) is 6.20. The molecule has 2 heteroatoms. The molecule has 0 aromatic carbocycles. The molecule has 3 N–H and O–H groups in total. The highest BCUT2D eigenvalue weighted by Gasteiger charge is 2.35. The second-order valence-corrected chi connectivity index (χ2v) is 7.27. The van der Waals surface area contributed by atoms with Crippen LogP contribution in [0.2, 0.25) is 0 Å². The summed E-state index contributed by atoms with van der Waals surface area (Å²) >= 11 is 0. The Kier molecular flexibility index (Phi) is 7.60. The maximum absolute atomic E-state index is 9.44. The van der Waals surface area contributed by atoms with Gasteiger partial charge in [0.1, 0.15) is 0 Å². The largest absolute Gasteiger partial charge is 0.394 e. The average molecular weight is 271 g/mol. The molecule has 0 spiro atoms. The maximum atomic E-state index is 9.44. The summed E-state index contributed by atoms with van der Waals surface area (Å²) in [4.78, 5) is 0. The third kappa shape index (κ3) is 4.75. The first-order valence-electron chi connectivity index (χ1n) is 7.99. The van der Waals surface area contributed by atoms with Crippen molar-refractivity contribution in [2.24, 2.45) is 41.2 Å². The third-order valence-electron chi connectivity index (χ3n) is 6.20. The van der Waals surface area contributed by atoms with Gasteiger partial charge in [-0.3, -0.25) is 0 Å². The maximum Gasteiger partial charge on any atom is 0.0611 e. The van der Waals surface area contributed by atoms with Crippen LogP contribution < -0.4 is 5.73 Å². The zero-order valence-corrected chi connectivity index (χ0v) is 14.4. The molecule has 7 atom stereocenters. The Bertz CT molecular complexity index is 252. The predicted octanol–water partition coefficient (Wildman–Crippen LogP) is 3.92. The van der Waals surface area contributed by atoms with Crippen LogP contribution in [0.1, 0.15) is 61.8 Å². The highest BCUT2D eigenvalue weighted by molar-refractivity contribution is 4.89. The summed E-state index contributed by atoms with van der Waals surface area (Å²) in [6.07, 6.45) is 1.24. The van der Waals surface area contributed by atoms with Crippen LogP contribution in [0.25, 0.3) is 0 Å². The minimum absolute atomic E-state index is 0.0561. The van der Waals surface area contributed by atoms with Gasteiger partial charge in [-0.2, -0.15) is 0 Å².